The summed E-state index contributed by atoms with van der Waals surface area (Å²) in [5.74, 6) is -1.61. The molecule has 2 aromatic carbocycles. The Kier molecular flexibility index (Phi) is 7.94. The minimum absolute atomic E-state index is 0.0195. The molecule has 6 rings (SSSR count). The number of carbonyl (C=O) groups excluding carboxylic acids is 4. The molecule has 13 heteroatoms. The number of nitrogens with zero attached hydrogens (tertiary/aromatic N) is 2. The van der Waals surface area contributed by atoms with Gasteiger partial charge in [-0.2, -0.15) is 0 Å². The van der Waals surface area contributed by atoms with Gasteiger partial charge in [0.05, 0.1) is 36.8 Å². The van der Waals surface area contributed by atoms with Crippen LogP contribution in [0.5, 0.6) is 0 Å². The topological polar surface area (TPSA) is 152 Å². The molecule has 45 heavy (non-hydrogen) atoms. The molecule has 1 aromatic heterocycles. The fourth-order valence-electron chi connectivity index (χ4n) is 6.36. The van der Waals surface area contributed by atoms with Crippen LogP contribution < -0.4 is 16.0 Å². The Morgan fingerprint density at radius 3 is 2.76 bits per heavy atom. The number of fused-ring (bicyclic) bond motifs is 6. The number of benzene rings is 2. The van der Waals surface area contributed by atoms with Crippen molar-refractivity contribution in [1.82, 2.24) is 9.88 Å². The largest absolute Gasteiger partial charge is 0.453 e. The van der Waals surface area contributed by atoms with E-state index in [2.05, 4.69) is 25.7 Å². The first kappa shape index (κ1) is 30.1. The Morgan fingerprint density at radius 2 is 1.96 bits per heavy atom. The Labute approximate surface area is 258 Å². The summed E-state index contributed by atoms with van der Waals surface area (Å²) in [5, 5.41) is 8.10. The molecule has 3 atom stereocenters. The monoisotopic (exact) mass is 619 g/mol. The average Bonchev–Trinajstić information content (AvgIpc) is 3.50. The minimum atomic E-state index is -1.34. The summed E-state index contributed by atoms with van der Waals surface area (Å²) in [6, 6.07) is 8.15. The van der Waals surface area contributed by atoms with Gasteiger partial charge in [0, 0.05) is 23.7 Å². The lowest BCUT2D eigenvalue weighted by atomic mass is 9.81. The average molecular weight is 620 g/mol. The van der Waals surface area contributed by atoms with Gasteiger partial charge in [-0.05, 0) is 62.4 Å². The van der Waals surface area contributed by atoms with Gasteiger partial charge in [0.2, 0.25) is 17.7 Å². The number of aryl methyl sites for hydroxylation is 1. The predicted molar refractivity (Wildman–Crippen MR) is 161 cm³/mol. The molecule has 2 bridgehead atoms. The number of amides is 4. The molecule has 4 amide bonds. The van der Waals surface area contributed by atoms with E-state index in [1.54, 1.807) is 42.2 Å². The second-order valence-electron chi connectivity index (χ2n) is 11.8. The minimum Gasteiger partial charge on any atom is -0.453 e. The van der Waals surface area contributed by atoms with Crippen LogP contribution in [0.3, 0.4) is 0 Å². The number of aromatic nitrogens is 1. The molecule has 1 saturated heterocycles. The zero-order chi connectivity index (χ0) is 31.9. The number of methoxy groups -OCH3 is 1. The van der Waals surface area contributed by atoms with E-state index in [1.165, 1.54) is 13.3 Å². The Hall–Kier alpha value is -4.94. The number of carbonyl (C=O) groups is 4. The van der Waals surface area contributed by atoms with Crippen LogP contribution in [0.15, 0.2) is 40.9 Å². The normalized spacial score (nSPS) is 22.9. The van der Waals surface area contributed by atoms with E-state index < -0.39 is 29.5 Å². The number of ether oxygens (including phenoxy) is 2. The van der Waals surface area contributed by atoms with Crippen molar-refractivity contribution in [2.24, 2.45) is 5.92 Å². The maximum Gasteiger partial charge on any atom is 0.412 e. The van der Waals surface area contributed by atoms with Crippen LogP contribution >= 0.6 is 0 Å². The van der Waals surface area contributed by atoms with Gasteiger partial charge in [0.25, 0.3) is 0 Å². The lowest BCUT2D eigenvalue weighted by molar-refractivity contribution is -0.141. The highest BCUT2D eigenvalue weighted by Gasteiger charge is 2.49. The highest BCUT2D eigenvalue weighted by molar-refractivity contribution is 5.98. The standard InChI is InChI=1S/C32H34FN5O7/c1-17-8-11-22-25(26(17)33)32(45-31(42)37-22)12-5-13-38(16-32)29(40)21-7-4-6-18(2)27(39)36-23-14-19(35-30(41)43-3)9-10-20(23)24-15-34-28(21)44-24/h8-11,14-15,18,21H,4-7,12-13,16H2,1-3H3,(H,35,41)(H,36,39)(H,37,42)/t18-,21+,32+/m1/s1. The van der Waals surface area contributed by atoms with Gasteiger partial charge >= 0.3 is 12.2 Å². The number of likely N-dealkylation sites (tertiary alicyclic amines) is 1. The van der Waals surface area contributed by atoms with Crippen LogP contribution in [0.2, 0.25) is 0 Å². The van der Waals surface area contributed by atoms with Crippen molar-refractivity contribution in [1.29, 1.82) is 0 Å². The second-order valence-corrected chi connectivity index (χ2v) is 11.8. The van der Waals surface area contributed by atoms with Crippen molar-refractivity contribution >= 4 is 41.1 Å². The van der Waals surface area contributed by atoms with Crippen LogP contribution in [-0.2, 0) is 24.7 Å². The zero-order valence-corrected chi connectivity index (χ0v) is 25.2. The predicted octanol–water partition coefficient (Wildman–Crippen LogP) is 5.89. The number of anilines is 3. The van der Waals surface area contributed by atoms with Crippen LogP contribution in [0.1, 0.15) is 62.0 Å². The third kappa shape index (κ3) is 5.69. The first-order valence-electron chi connectivity index (χ1n) is 14.9. The SMILES string of the molecule is COC(=O)Nc1ccc2c(c1)NC(=O)[C@H](C)CCC[C@H](C(=O)N1CCC[C@@]3(C1)OC(=O)Nc1ccc(C)c(F)c13)c1ncc-2o1. The molecule has 4 heterocycles. The highest BCUT2D eigenvalue weighted by Crippen LogP contribution is 2.45. The van der Waals surface area contributed by atoms with Crippen molar-refractivity contribution in [2.75, 3.05) is 36.1 Å². The first-order valence-corrected chi connectivity index (χ1v) is 14.9. The molecular formula is C32H34FN5O7. The molecule has 3 N–H and O–H groups in total. The number of hydrogen-bond acceptors (Lipinski definition) is 8. The van der Waals surface area contributed by atoms with Crippen molar-refractivity contribution in [2.45, 2.75) is 57.5 Å². The maximum absolute atomic E-state index is 15.6. The summed E-state index contributed by atoms with van der Waals surface area (Å²) in [4.78, 5) is 57.8. The molecule has 236 valence electrons. The van der Waals surface area contributed by atoms with Crippen LogP contribution in [0.25, 0.3) is 11.3 Å². The smallest absolute Gasteiger partial charge is 0.412 e. The van der Waals surface area contributed by atoms with Gasteiger partial charge in [-0.15, -0.1) is 0 Å². The molecule has 12 nitrogen and oxygen atoms in total. The van der Waals surface area contributed by atoms with Gasteiger partial charge < -0.3 is 24.1 Å². The van der Waals surface area contributed by atoms with E-state index in [-0.39, 0.29) is 35.7 Å². The van der Waals surface area contributed by atoms with Gasteiger partial charge in [-0.25, -0.2) is 19.0 Å². The first-order chi connectivity index (χ1) is 21.6. The van der Waals surface area contributed by atoms with E-state index in [1.807, 2.05) is 6.92 Å². The van der Waals surface area contributed by atoms with Gasteiger partial charge in [0.15, 0.2) is 11.4 Å². The van der Waals surface area contributed by atoms with Crippen molar-refractivity contribution < 1.29 is 37.5 Å². The van der Waals surface area contributed by atoms with Gasteiger partial charge in [-0.1, -0.05) is 19.4 Å². The summed E-state index contributed by atoms with van der Waals surface area (Å²) >= 11 is 0. The fraction of sp³-hybridized carbons (Fsp3) is 0.406. The number of nitrogens with one attached hydrogen (secondary N) is 3. The van der Waals surface area contributed by atoms with Crippen LogP contribution in [0, 0.1) is 18.7 Å². The second kappa shape index (κ2) is 11.9. The molecule has 0 saturated carbocycles. The highest BCUT2D eigenvalue weighted by atomic mass is 19.1. The summed E-state index contributed by atoms with van der Waals surface area (Å²) in [6.45, 7) is 3.82. The maximum atomic E-state index is 15.6. The van der Waals surface area contributed by atoms with Crippen LogP contribution in [0.4, 0.5) is 31.0 Å². The summed E-state index contributed by atoms with van der Waals surface area (Å²) in [7, 11) is 1.25. The van der Waals surface area contributed by atoms with E-state index in [4.69, 9.17) is 9.15 Å². The lowest BCUT2D eigenvalue weighted by Crippen LogP contribution is -2.54. The molecule has 0 aliphatic carbocycles. The summed E-state index contributed by atoms with van der Waals surface area (Å²) in [5.41, 5.74) is 0.966. The van der Waals surface area contributed by atoms with E-state index in [0.29, 0.717) is 72.6 Å². The third-order valence-electron chi connectivity index (χ3n) is 8.75. The van der Waals surface area contributed by atoms with Gasteiger partial charge in [-0.3, -0.25) is 20.2 Å². The number of oxazole rings is 1. The van der Waals surface area contributed by atoms with E-state index >= 15 is 4.39 Å². The lowest BCUT2D eigenvalue weighted by Gasteiger charge is -2.45. The Bertz CT molecular complexity index is 1690. The van der Waals surface area contributed by atoms with Crippen LogP contribution in [-0.4, -0.2) is 54.1 Å². The molecule has 1 spiro atoms. The number of piperidine rings is 1. The molecule has 3 aromatic rings. The fourth-order valence-corrected chi connectivity index (χ4v) is 6.36. The van der Waals surface area contributed by atoms with Crippen molar-refractivity contribution in [3.63, 3.8) is 0 Å². The molecular weight excluding hydrogens is 585 g/mol. The molecule has 3 aliphatic rings. The molecule has 0 unspecified atom stereocenters. The quantitative estimate of drug-likeness (QED) is 0.321. The summed E-state index contributed by atoms with van der Waals surface area (Å²) < 4.78 is 32.2. The molecule has 3 aliphatic heterocycles. The van der Waals surface area contributed by atoms with E-state index in [9.17, 15) is 19.2 Å². The number of hydrogen-bond donors (Lipinski definition) is 3. The molecule has 0 radical (unpaired) electrons. The van der Waals surface area contributed by atoms with E-state index in [0.717, 1.165) is 0 Å². The number of rotatable bonds is 2. The Morgan fingerprint density at radius 1 is 1.13 bits per heavy atom. The molecule has 1 fully saturated rings. The number of halogens is 1. The Balaban J connectivity index is 1.34. The summed E-state index contributed by atoms with van der Waals surface area (Å²) in [6.07, 6.45) is 2.36. The van der Waals surface area contributed by atoms with Crippen molar-refractivity contribution in [3.8, 4) is 11.3 Å². The van der Waals surface area contributed by atoms with Crippen molar-refractivity contribution in [3.05, 3.63) is 59.4 Å². The third-order valence-corrected chi connectivity index (χ3v) is 8.75. The zero-order valence-electron chi connectivity index (χ0n) is 25.2. The van der Waals surface area contributed by atoms with Gasteiger partial charge in [0.1, 0.15) is 11.7 Å².